The average Bonchev–Trinajstić information content (AvgIpc) is 3.39. The summed E-state index contributed by atoms with van der Waals surface area (Å²) in [6.45, 7) is 0. The van der Waals surface area contributed by atoms with Gasteiger partial charge in [0.25, 0.3) is 5.91 Å². The first-order valence-electron chi connectivity index (χ1n) is 10.3. The smallest absolute Gasteiger partial charge is 0.336 e. The lowest BCUT2D eigenvalue weighted by Gasteiger charge is -2.43. The molecule has 0 bridgehead atoms. The highest BCUT2D eigenvalue weighted by atomic mass is 35.5. The van der Waals surface area contributed by atoms with E-state index in [1.165, 1.54) is 11.8 Å². The first-order valence-corrected chi connectivity index (χ1v) is 11.5. The number of amides is 1. The van der Waals surface area contributed by atoms with Crippen LogP contribution in [0.4, 0.5) is 0 Å². The van der Waals surface area contributed by atoms with Gasteiger partial charge < -0.3 is 4.74 Å². The van der Waals surface area contributed by atoms with Gasteiger partial charge in [-0.2, -0.15) is 5.10 Å². The van der Waals surface area contributed by atoms with Crippen molar-refractivity contribution in [3.05, 3.63) is 105 Å². The molecule has 3 aromatic rings. The van der Waals surface area contributed by atoms with Crippen LogP contribution in [-0.4, -0.2) is 21.8 Å². The van der Waals surface area contributed by atoms with Gasteiger partial charge in [0.05, 0.1) is 16.7 Å². The van der Waals surface area contributed by atoms with Gasteiger partial charge in [0.15, 0.2) is 0 Å². The van der Waals surface area contributed by atoms with Crippen LogP contribution in [0.15, 0.2) is 88.9 Å². The molecule has 3 aromatic carbocycles. The Morgan fingerprint density at radius 3 is 2.62 bits per heavy atom. The molecular formula is C25H18ClN3O2S. The molecule has 0 saturated carbocycles. The fourth-order valence-electron chi connectivity index (χ4n) is 4.26. The van der Waals surface area contributed by atoms with E-state index in [2.05, 4.69) is 23.5 Å². The van der Waals surface area contributed by atoms with Crippen LogP contribution in [0.1, 0.15) is 29.2 Å². The lowest BCUT2D eigenvalue weighted by atomic mass is 9.97. The number of nitrogens with zero attached hydrogens (tertiary/aromatic N) is 2. The standard InChI is InChI=1S/C25H18ClN3O2S/c26-18-12-10-16(11-13-18)14-23-24(30)27-25(32-23)29-21(19-8-4-5-9-22(19)31-25)15-20(28-29)17-6-2-1-3-7-17/h1-14,21H,15H2,(H,27,30)/b23-14+/t21-,25-/m0/s1. The average molecular weight is 460 g/mol. The van der Waals surface area contributed by atoms with E-state index in [9.17, 15) is 4.79 Å². The number of benzene rings is 3. The number of carbonyl (C=O) groups is 1. The van der Waals surface area contributed by atoms with E-state index in [0.717, 1.165) is 34.6 Å². The van der Waals surface area contributed by atoms with Crippen molar-refractivity contribution in [3.8, 4) is 5.75 Å². The molecule has 32 heavy (non-hydrogen) atoms. The third-order valence-corrected chi connectivity index (χ3v) is 7.18. The molecule has 3 aliphatic heterocycles. The second kappa shape index (κ2) is 7.43. The predicted molar refractivity (Wildman–Crippen MR) is 127 cm³/mol. The molecule has 2 atom stereocenters. The number of ether oxygens (including phenoxy) is 1. The summed E-state index contributed by atoms with van der Waals surface area (Å²) in [4.78, 5) is 13.6. The SMILES string of the molecule is O=C1N[C@]2(Oc3ccccc3[C@@H]3CC(c4ccccc4)=NN32)S/C1=C/c1ccc(Cl)cc1. The summed E-state index contributed by atoms with van der Waals surface area (Å²) in [5.41, 5.74) is 4.01. The van der Waals surface area contributed by atoms with Crippen LogP contribution in [0, 0.1) is 0 Å². The molecule has 0 unspecified atom stereocenters. The Hall–Kier alpha value is -3.22. The molecule has 0 aliphatic carbocycles. The molecule has 1 N–H and O–H groups in total. The van der Waals surface area contributed by atoms with Crippen molar-refractivity contribution in [2.45, 2.75) is 17.6 Å². The quantitative estimate of drug-likeness (QED) is 0.521. The van der Waals surface area contributed by atoms with Crippen LogP contribution in [0.5, 0.6) is 5.75 Å². The molecule has 3 aliphatic rings. The normalized spacial score (nSPS) is 24.7. The van der Waals surface area contributed by atoms with E-state index >= 15 is 0 Å². The number of hydrazone groups is 1. The van der Waals surface area contributed by atoms with Crippen LogP contribution in [0.25, 0.3) is 6.08 Å². The van der Waals surface area contributed by atoms with Gasteiger partial charge in [-0.1, -0.05) is 72.3 Å². The lowest BCUT2D eigenvalue weighted by Crippen LogP contribution is -2.58. The molecule has 1 spiro atoms. The van der Waals surface area contributed by atoms with Crippen molar-refractivity contribution in [1.82, 2.24) is 10.3 Å². The summed E-state index contributed by atoms with van der Waals surface area (Å²) in [6, 6.07) is 25.4. The van der Waals surface area contributed by atoms with E-state index < -0.39 is 5.18 Å². The molecule has 0 radical (unpaired) electrons. The van der Waals surface area contributed by atoms with Crippen LogP contribution in [0.3, 0.4) is 0 Å². The Kier molecular flexibility index (Phi) is 4.52. The second-order valence-electron chi connectivity index (χ2n) is 7.82. The number of halogens is 1. The first-order chi connectivity index (χ1) is 15.6. The number of para-hydroxylation sites is 1. The van der Waals surface area contributed by atoms with Gasteiger partial charge in [-0.25, -0.2) is 5.01 Å². The third-order valence-electron chi connectivity index (χ3n) is 5.76. The summed E-state index contributed by atoms with van der Waals surface area (Å²) in [5, 5.41) is 9.43. The Bertz CT molecular complexity index is 1280. The summed E-state index contributed by atoms with van der Waals surface area (Å²) >= 11 is 7.34. The second-order valence-corrected chi connectivity index (χ2v) is 9.45. The number of nitrogens with one attached hydrogen (secondary N) is 1. The monoisotopic (exact) mass is 459 g/mol. The fourth-order valence-corrected chi connectivity index (χ4v) is 5.55. The van der Waals surface area contributed by atoms with E-state index in [-0.39, 0.29) is 11.9 Å². The molecule has 1 saturated heterocycles. The zero-order valence-corrected chi connectivity index (χ0v) is 18.4. The number of hydrogen-bond donors (Lipinski definition) is 1. The van der Waals surface area contributed by atoms with Gasteiger partial charge in [0.2, 0.25) is 0 Å². The van der Waals surface area contributed by atoms with E-state index in [1.54, 1.807) is 0 Å². The van der Waals surface area contributed by atoms with Crippen molar-refractivity contribution < 1.29 is 9.53 Å². The topological polar surface area (TPSA) is 53.9 Å². The predicted octanol–water partition coefficient (Wildman–Crippen LogP) is 5.40. The molecule has 0 aromatic heterocycles. The van der Waals surface area contributed by atoms with Crippen LogP contribution < -0.4 is 10.1 Å². The molecular weight excluding hydrogens is 442 g/mol. The molecule has 1 amide bonds. The number of carbonyl (C=O) groups excluding carboxylic acids is 1. The van der Waals surface area contributed by atoms with Crippen molar-refractivity contribution in [1.29, 1.82) is 0 Å². The minimum absolute atomic E-state index is 0.0298. The highest BCUT2D eigenvalue weighted by molar-refractivity contribution is 8.05. The molecule has 7 heteroatoms. The number of thioether (sulfide) groups is 1. The van der Waals surface area contributed by atoms with Crippen LogP contribution in [-0.2, 0) is 4.79 Å². The number of fused-ring (bicyclic) bond motifs is 4. The van der Waals surface area contributed by atoms with E-state index in [4.69, 9.17) is 21.4 Å². The summed E-state index contributed by atoms with van der Waals surface area (Å²) in [5.74, 6) is 0.574. The van der Waals surface area contributed by atoms with Gasteiger partial charge in [0, 0.05) is 17.0 Å². The number of rotatable bonds is 2. The maximum atomic E-state index is 13.0. The highest BCUT2D eigenvalue weighted by Gasteiger charge is 2.57. The Balaban J connectivity index is 1.42. The Morgan fingerprint density at radius 2 is 1.81 bits per heavy atom. The molecule has 6 rings (SSSR count). The van der Waals surface area contributed by atoms with Crippen molar-refractivity contribution >= 4 is 41.1 Å². The highest BCUT2D eigenvalue weighted by Crippen LogP contribution is 2.53. The van der Waals surface area contributed by atoms with E-state index in [0.29, 0.717) is 9.93 Å². The largest absolute Gasteiger partial charge is 0.439 e. The molecule has 3 heterocycles. The van der Waals surface area contributed by atoms with Crippen LogP contribution >= 0.6 is 23.4 Å². The van der Waals surface area contributed by atoms with Gasteiger partial charge in [-0.3, -0.25) is 10.1 Å². The zero-order valence-electron chi connectivity index (χ0n) is 16.9. The van der Waals surface area contributed by atoms with Gasteiger partial charge in [-0.05, 0) is 47.2 Å². The lowest BCUT2D eigenvalue weighted by molar-refractivity contribution is -0.127. The van der Waals surface area contributed by atoms with Gasteiger partial charge >= 0.3 is 5.18 Å². The Morgan fingerprint density at radius 1 is 1.06 bits per heavy atom. The molecule has 1 fully saturated rings. The molecule has 5 nitrogen and oxygen atoms in total. The van der Waals surface area contributed by atoms with Crippen molar-refractivity contribution in [2.75, 3.05) is 0 Å². The van der Waals surface area contributed by atoms with Crippen molar-refractivity contribution in [3.63, 3.8) is 0 Å². The van der Waals surface area contributed by atoms with Crippen LogP contribution in [0.2, 0.25) is 5.02 Å². The zero-order chi connectivity index (χ0) is 21.7. The summed E-state index contributed by atoms with van der Waals surface area (Å²) < 4.78 is 6.42. The third kappa shape index (κ3) is 3.18. The minimum atomic E-state index is -1.13. The van der Waals surface area contributed by atoms with Gasteiger partial charge in [-0.15, -0.1) is 0 Å². The van der Waals surface area contributed by atoms with Gasteiger partial charge in [0.1, 0.15) is 5.75 Å². The maximum Gasteiger partial charge on any atom is 0.336 e. The fraction of sp³-hybridized carbons (Fsp3) is 0.120. The van der Waals surface area contributed by atoms with Crippen molar-refractivity contribution in [2.24, 2.45) is 5.10 Å². The first kappa shape index (κ1) is 19.5. The number of hydrogen-bond acceptors (Lipinski definition) is 5. The molecule has 158 valence electrons. The summed E-state index contributed by atoms with van der Waals surface area (Å²) in [7, 11) is 0. The summed E-state index contributed by atoms with van der Waals surface area (Å²) in [6.07, 6.45) is 2.58. The maximum absolute atomic E-state index is 13.0. The minimum Gasteiger partial charge on any atom is -0.439 e. The van der Waals surface area contributed by atoms with E-state index in [1.807, 2.05) is 71.7 Å². The Labute approximate surface area is 194 Å².